The van der Waals surface area contributed by atoms with E-state index in [1.165, 1.54) is 11.1 Å². The summed E-state index contributed by atoms with van der Waals surface area (Å²) < 4.78 is 5.09. The predicted octanol–water partition coefficient (Wildman–Crippen LogP) is 1.29. The highest BCUT2D eigenvalue weighted by atomic mass is 32.1. The zero-order chi connectivity index (χ0) is 15.7. The first-order valence-electron chi connectivity index (χ1n) is 6.96. The molecule has 1 N–H and O–H groups in total. The van der Waals surface area contributed by atoms with E-state index in [2.05, 4.69) is 10.3 Å². The Labute approximate surface area is 133 Å². The molecule has 1 aromatic carbocycles. The van der Waals surface area contributed by atoms with Crippen LogP contribution in [0.3, 0.4) is 0 Å². The molecule has 114 valence electrons. The maximum atomic E-state index is 12.6. The third kappa shape index (κ3) is 2.85. The number of amides is 2. The third-order valence-corrected chi connectivity index (χ3v) is 3.81. The van der Waals surface area contributed by atoms with Gasteiger partial charge in [-0.3, -0.25) is 19.5 Å². The van der Waals surface area contributed by atoms with Gasteiger partial charge in [-0.15, -0.1) is 0 Å². The molecule has 0 unspecified atom stereocenters. The van der Waals surface area contributed by atoms with Crippen LogP contribution in [0.1, 0.15) is 12.8 Å². The van der Waals surface area contributed by atoms with Gasteiger partial charge in [0.05, 0.1) is 12.8 Å². The number of ether oxygens (including phenoxy) is 1. The quantitative estimate of drug-likeness (QED) is 0.516. The summed E-state index contributed by atoms with van der Waals surface area (Å²) in [6, 6.07) is 7.15. The number of hydrogen-bond acceptors (Lipinski definition) is 5. The smallest absolute Gasteiger partial charge is 0.251 e. The molecule has 1 aliphatic heterocycles. The summed E-state index contributed by atoms with van der Waals surface area (Å²) in [5.41, 5.74) is 0.584. The molecule has 0 radical (unpaired) electrons. The Bertz CT molecular complexity index is 653. The normalized spacial score (nSPS) is 22.1. The van der Waals surface area contributed by atoms with E-state index >= 15 is 0 Å². The molecular formula is C15H15N3O3S. The van der Waals surface area contributed by atoms with Crippen LogP contribution in [0.25, 0.3) is 0 Å². The molecule has 6 nitrogen and oxygen atoms in total. The van der Waals surface area contributed by atoms with Crippen molar-refractivity contribution in [1.29, 1.82) is 0 Å². The van der Waals surface area contributed by atoms with Crippen molar-refractivity contribution in [3.63, 3.8) is 0 Å². The van der Waals surface area contributed by atoms with E-state index in [9.17, 15) is 9.59 Å². The molecule has 22 heavy (non-hydrogen) atoms. The summed E-state index contributed by atoms with van der Waals surface area (Å²) in [5, 5.41) is 2.64. The largest absolute Gasteiger partial charge is 0.497 e. The fourth-order valence-electron chi connectivity index (χ4n) is 2.13. The minimum Gasteiger partial charge on any atom is -0.497 e. The summed E-state index contributed by atoms with van der Waals surface area (Å²) >= 11 is 5.12. The molecule has 1 saturated carbocycles. The number of carbonyl (C=O) groups is 2. The zero-order valence-corrected chi connectivity index (χ0v) is 12.8. The van der Waals surface area contributed by atoms with Crippen molar-refractivity contribution >= 4 is 41.0 Å². The van der Waals surface area contributed by atoms with Crippen molar-refractivity contribution in [1.82, 2.24) is 5.32 Å². The lowest BCUT2D eigenvalue weighted by molar-refractivity contribution is -0.130. The molecule has 1 heterocycles. The first-order valence-corrected chi connectivity index (χ1v) is 7.37. The number of nitrogens with zero attached hydrogens (tertiary/aromatic N) is 2. The summed E-state index contributed by atoms with van der Waals surface area (Å²) in [5.74, 6) is -1.07. The Hall–Kier alpha value is -2.28. The van der Waals surface area contributed by atoms with Crippen molar-refractivity contribution in [2.75, 3.05) is 12.0 Å². The summed E-state index contributed by atoms with van der Waals surface area (Å²) in [7, 11) is 1.57. The maximum absolute atomic E-state index is 12.6. The van der Waals surface area contributed by atoms with Gasteiger partial charge >= 0.3 is 0 Å². The average Bonchev–Trinajstić information content (AvgIpc) is 3.31. The maximum Gasteiger partial charge on any atom is 0.251 e. The second kappa shape index (κ2) is 5.84. The number of benzene rings is 1. The highest BCUT2D eigenvalue weighted by molar-refractivity contribution is 7.80. The molecule has 0 bridgehead atoms. The van der Waals surface area contributed by atoms with Crippen LogP contribution in [0.4, 0.5) is 5.69 Å². The van der Waals surface area contributed by atoms with Crippen LogP contribution in [-0.2, 0) is 9.59 Å². The van der Waals surface area contributed by atoms with Gasteiger partial charge < -0.3 is 10.1 Å². The molecule has 1 atom stereocenters. The highest BCUT2D eigenvalue weighted by Gasteiger charge is 2.38. The van der Waals surface area contributed by atoms with Gasteiger partial charge in [-0.2, -0.15) is 0 Å². The Morgan fingerprint density at radius 2 is 2.00 bits per heavy atom. The van der Waals surface area contributed by atoms with Gasteiger partial charge in [-0.05, 0) is 49.3 Å². The SMILES string of the molecule is COc1ccc(N2C(=O)[C@@H](C=NC3CC3)C(=O)NC2=S)cc1. The fraction of sp³-hybridized carbons (Fsp3) is 0.333. The highest BCUT2D eigenvalue weighted by Crippen LogP contribution is 2.25. The summed E-state index contributed by atoms with van der Waals surface area (Å²) in [6.07, 6.45) is 3.47. The van der Waals surface area contributed by atoms with E-state index in [1.807, 2.05) is 0 Å². The number of methoxy groups -OCH3 is 1. The van der Waals surface area contributed by atoms with Crippen LogP contribution in [-0.4, -0.2) is 36.3 Å². The molecule has 1 aromatic rings. The van der Waals surface area contributed by atoms with Crippen molar-refractivity contribution in [2.24, 2.45) is 10.9 Å². The molecule has 2 aliphatic rings. The van der Waals surface area contributed by atoms with Gasteiger partial charge in [-0.25, -0.2) is 0 Å². The predicted molar refractivity (Wildman–Crippen MR) is 86.2 cm³/mol. The first kappa shape index (κ1) is 14.6. The minimum absolute atomic E-state index is 0.0799. The van der Waals surface area contributed by atoms with E-state index in [4.69, 9.17) is 17.0 Å². The third-order valence-electron chi connectivity index (χ3n) is 3.53. The average molecular weight is 317 g/mol. The number of carbonyl (C=O) groups excluding carboxylic acids is 2. The van der Waals surface area contributed by atoms with Gasteiger partial charge in [0, 0.05) is 12.3 Å². The molecule has 1 aliphatic carbocycles. The lowest BCUT2D eigenvalue weighted by Gasteiger charge is -2.30. The second-order valence-corrected chi connectivity index (χ2v) is 5.56. The van der Waals surface area contributed by atoms with Gasteiger partial charge in [-0.1, -0.05) is 0 Å². The number of anilines is 1. The number of thiocarbonyl (C=S) groups is 1. The van der Waals surface area contributed by atoms with Crippen LogP contribution in [0, 0.1) is 5.92 Å². The zero-order valence-electron chi connectivity index (χ0n) is 12.0. The van der Waals surface area contributed by atoms with Gasteiger partial charge in [0.2, 0.25) is 5.91 Å². The molecule has 3 rings (SSSR count). The Balaban J connectivity index is 1.86. The van der Waals surface area contributed by atoms with Crippen molar-refractivity contribution < 1.29 is 14.3 Å². The number of nitrogens with one attached hydrogen (secondary N) is 1. The van der Waals surface area contributed by atoms with E-state index in [0.29, 0.717) is 11.4 Å². The Kier molecular flexibility index (Phi) is 3.89. The Morgan fingerprint density at radius 1 is 1.32 bits per heavy atom. The standard InChI is InChI=1S/C15H15N3O3S/c1-21-11-6-4-10(5-7-11)18-14(20)12(8-16-9-2-3-9)13(19)17-15(18)22/h4-9,12H,2-3H2,1H3,(H,17,19,22)/t12-/m0/s1. The molecule has 0 spiro atoms. The first-order chi connectivity index (χ1) is 10.6. The number of aliphatic imine (C=N–C) groups is 1. The van der Waals surface area contributed by atoms with Crippen LogP contribution in [0.15, 0.2) is 29.3 Å². The van der Waals surface area contributed by atoms with Gasteiger partial charge in [0.25, 0.3) is 5.91 Å². The van der Waals surface area contributed by atoms with E-state index in [0.717, 1.165) is 12.8 Å². The molecule has 2 fully saturated rings. The molecule has 0 aromatic heterocycles. The number of rotatable bonds is 4. The van der Waals surface area contributed by atoms with E-state index in [-0.39, 0.29) is 17.1 Å². The van der Waals surface area contributed by atoms with Gasteiger partial charge in [0.15, 0.2) is 11.0 Å². The fourth-order valence-corrected chi connectivity index (χ4v) is 2.42. The monoisotopic (exact) mass is 317 g/mol. The minimum atomic E-state index is -0.936. The lowest BCUT2D eigenvalue weighted by atomic mass is 10.1. The van der Waals surface area contributed by atoms with Gasteiger partial charge in [0.1, 0.15) is 5.75 Å². The second-order valence-electron chi connectivity index (χ2n) is 5.17. The number of hydrogen-bond donors (Lipinski definition) is 1. The lowest BCUT2D eigenvalue weighted by Crippen LogP contribution is -2.58. The van der Waals surface area contributed by atoms with Crippen molar-refractivity contribution in [2.45, 2.75) is 18.9 Å². The van der Waals surface area contributed by atoms with Crippen LogP contribution < -0.4 is 15.0 Å². The summed E-state index contributed by atoms with van der Waals surface area (Å²) in [6.45, 7) is 0. The topological polar surface area (TPSA) is 71.0 Å². The molecular weight excluding hydrogens is 302 g/mol. The van der Waals surface area contributed by atoms with Crippen LogP contribution in [0.2, 0.25) is 0 Å². The van der Waals surface area contributed by atoms with Crippen molar-refractivity contribution in [3.05, 3.63) is 24.3 Å². The van der Waals surface area contributed by atoms with Crippen LogP contribution >= 0.6 is 12.2 Å². The molecule has 7 heteroatoms. The molecule has 2 amide bonds. The molecule has 1 saturated heterocycles. The summed E-state index contributed by atoms with van der Waals surface area (Å²) in [4.78, 5) is 30.1. The van der Waals surface area contributed by atoms with Crippen molar-refractivity contribution in [3.8, 4) is 5.75 Å². The van der Waals surface area contributed by atoms with Crippen LogP contribution in [0.5, 0.6) is 5.75 Å². The Morgan fingerprint density at radius 3 is 2.59 bits per heavy atom. The van der Waals surface area contributed by atoms with E-state index in [1.54, 1.807) is 31.4 Å². The van der Waals surface area contributed by atoms with E-state index < -0.39 is 11.8 Å².